The van der Waals surface area contributed by atoms with E-state index in [2.05, 4.69) is 0 Å². The lowest BCUT2D eigenvalue weighted by atomic mass is 9.64. The van der Waals surface area contributed by atoms with E-state index in [0.717, 1.165) is 24.0 Å². The maximum Gasteiger partial charge on any atom is 0.147 e. The Morgan fingerprint density at radius 1 is 1.00 bits per heavy atom. The number of Topliss-reactive ketones (excluding diaryl/α,β-unsaturated/α-hetero) is 1. The molecule has 1 aliphatic rings. The quantitative estimate of drug-likeness (QED) is 0.789. The van der Waals surface area contributed by atoms with Gasteiger partial charge in [0.15, 0.2) is 0 Å². The monoisotopic (exact) mass is 282 g/mol. The standard InChI is InChI=1S/C19H19FO/c1-14-9-11-15(12-10-14)19(13-5-4-8-18(19)21)16-6-2-3-7-17(16)20/h2-3,6-7,9-12H,4-5,8,13H2,1H3. The van der Waals surface area contributed by atoms with Gasteiger partial charge in [-0.05, 0) is 31.4 Å². The Hall–Kier alpha value is -1.96. The molecule has 1 aliphatic carbocycles. The second-order valence-corrected chi connectivity index (χ2v) is 5.88. The largest absolute Gasteiger partial charge is 0.298 e. The van der Waals surface area contributed by atoms with Crippen LogP contribution in [0.25, 0.3) is 0 Å². The third-order valence-corrected chi connectivity index (χ3v) is 4.56. The van der Waals surface area contributed by atoms with Crippen molar-refractivity contribution in [3.63, 3.8) is 0 Å². The number of hydrogen-bond acceptors (Lipinski definition) is 1. The summed E-state index contributed by atoms with van der Waals surface area (Å²) < 4.78 is 14.4. The van der Waals surface area contributed by atoms with Crippen molar-refractivity contribution in [2.24, 2.45) is 0 Å². The summed E-state index contributed by atoms with van der Waals surface area (Å²) >= 11 is 0. The average molecular weight is 282 g/mol. The SMILES string of the molecule is Cc1ccc(C2(c3ccccc3F)CCCCC2=O)cc1. The highest BCUT2D eigenvalue weighted by Gasteiger charge is 2.44. The van der Waals surface area contributed by atoms with Gasteiger partial charge in [-0.2, -0.15) is 0 Å². The van der Waals surface area contributed by atoms with Gasteiger partial charge < -0.3 is 0 Å². The van der Waals surface area contributed by atoms with E-state index in [1.165, 1.54) is 6.07 Å². The zero-order valence-electron chi connectivity index (χ0n) is 12.2. The van der Waals surface area contributed by atoms with Crippen molar-refractivity contribution >= 4 is 5.78 Å². The first-order valence-electron chi connectivity index (χ1n) is 7.50. The summed E-state index contributed by atoms with van der Waals surface area (Å²) in [6, 6.07) is 14.7. The molecular weight excluding hydrogens is 263 g/mol. The van der Waals surface area contributed by atoms with Gasteiger partial charge in [0, 0.05) is 12.0 Å². The van der Waals surface area contributed by atoms with E-state index in [-0.39, 0.29) is 11.6 Å². The fourth-order valence-corrected chi connectivity index (χ4v) is 3.42. The number of rotatable bonds is 2. The molecule has 108 valence electrons. The van der Waals surface area contributed by atoms with Crippen LogP contribution in [0, 0.1) is 12.7 Å². The van der Waals surface area contributed by atoms with Crippen molar-refractivity contribution in [3.05, 3.63) is 71.0 Å². The van der Waals surface area contributed by atoms with Crippen LogP contribution in [0.3, 0.4) is 0 Å². The summed E-state index contributed by atoms with van der Waals surface area (Å²) in [4.78, 5) is 12.8. The molecule has 0 spiro atoms. The number of carbonyl (C=O) groups is 1. The average Bonchev–Trinajstić information content (AvgIpc) is 2.50. The van der Waals surface area contributed by atoms with E-state index in [0.29, 0.717) is 18.4 Å². The van der Waals surface area contributed by atoms with Gasteiger partial charge in [-0.15, -0.1) is 0 Å². The van der Waals surface area contributed by atoms with Crippen LogP contribution in [-0.4, -0.2) is 5.78 Å². The van der Waals surface area contributed by atoms with Gasteiger partial charge in [-0.25, -0.2) is 4.39 Å². The van der Waals surface area contributed by atoms with Crippen LogP contribution in [-0.2, 0) is 10.2 Å². The van der Waals surface area contributed by atoms with Crippen molar-refractivity contribution in [3.8, 4) is 0 Å². The number of carbonyl (C=O) groups excluding carboxylic acids is 1. The fourth-order valence-electron chi connectivity index (χ4n) is 3.42. The first kappa shape index (κ1) is 14.0. The molecule has 0 aromatic heterocycles. The highest BCUT2D eigenvalue weighted by Crippen LogP contribution is 2.43. The maximum atomic E-state index is 14.4. The summed E-state index contributed by atoms with van der Waals surface area (Å²) in [5.74, 6) is -0.143. The molecule has 0 bridgehead atoms. The van der Waals surface area contributed by atoms with Gasteiger partial charge in [0.05, 0.1) is 5.41 Å². The number of ketones is 1. The third-order valence-electron chi connectivity index (χ3n) is 4.56. The van der Waals surface area contributed by atoms with E-state index in [4.69, 9.17) is 0 Å². The van der Waals surface area contributed by atoms with Gasteiger partial charge in [-0.1, -0.05) is 54.4 Å². The minimum absolute atomic E-state index is 0.141. The van der Waals surface area contributed by atoms with Crippen LogP contribution in [0.2, 0.25) is 0 Å². The predicted molar refractivity (Wildman–Crippen MR) is 81.8 cm³/mol. The van der Waals surface area contributed by atoms with Crippen molar-refractivity contribution in [2.75, 3.05) is 0 Å². The smallest absolute Gasteiger partial charge is 0.147 e. The zero-order valence-corrected chi connectivity index (χ0v) is 12.2. The van der Waals surface area contributed by atoms with E-state index in [1.54, 1.807) is 12.1 Å². The molecule has 3 rings (SSSR count). The van der Waals surface area contributed by atoms with Crippen LogP contribution < -0.4 is 0 Å². The van der Waals surface area contributed by atoms with Gasteiger partial charge in [0.2, 0.25) is 0 Å². The maximum absolute atomic E-state index is 14.4. The molecule has 2 aromatic carbocycles. The van der Waals surface area contributed by atoms with E-state index in [1.807, 2.05) is 37.3 Å². The van der Waals surface area contributed by atoms with Crippen LogP contribution in [0.4, 0.5) is 4.39 Å². The summed E-state index contributed by atoms with van der Waals surface area (Å²) in [5, 5.41) is 0. The second-order valence-electron chi connectivity index (χ2n) is 5.88. The number of benzene rings is 2. The van der Waals surface area contributed by atoms with Gasteiger partial charge in [0.1, 0.15) is 11.6 Å². The summed E-state index contributed by atoms with van der Waals surface area (Å²) in [5.41, 5.74) is 1.78. The Kier molecular flexibility index (Phi) is 3.62. The molecule has 0 saturated heterocycles. The molecule has 0 aliphatic heterocycles. The molecule has 0 amide bonds. The van der Waals surface area contributed by atoms with E-state index < -0.39 is 5.41 Å². The Balaban J connectivity index is 2.22. The Morgan fingerprint density at radius 2 is 1.71 bits per heavy atom. The van der Waals surface area contributed by atoms with Crippen LogP contribution in [0.5, 0.6) is 0 Å². The summed E-state index contributed by atoms with van der Waals surface area (Å²) in [6.07, 6.45) is 3.08. The summed E-state index contributed by atoms with van der Waals surface area (Å²) in [6.45, 7) is 2.02. The van der Waals surface area contributed by atoms with Gasteiger partial charge >= 0.3 is 0 Å². The molecule has 1 nitrogen and oxygen atoms in total. The first-order chi connectivity index (χ1) is 10.1. The lowest BCUT2D eigenvalue weighted by molar-refractivity contribution is -0.125. The molecule has 1 atom stereocenters. The number of hydrogen-bond donors (Lipinski definition) is 0. The Bertz CT molecular complexity index is 660. The van der Waals surface area contributed by atoms with Crippen molar-refractivity contribution in [1.82, 2.24) is 0 Å². The lowest BCUT2D eigenvalue weighted by Gasteiger charge is -2.37. The molecule has 1 unspecified atom stereocenters. The first-order valence-corrected chi connectivity index (χ1v) is 7.50. The van der Waals surface area contributed by atoms with Gasteiger partial charge in [-0.3, -0.25) is 4.79 Å². The predicted octanol–water partition coefficient (Wildman–Crippen LogP) is 4.56. The molecule has 1 saturated carbocycles. The third kappa shape index (κ3) is 2.29. The van der Waals surface area contributed by atoms with Crippen molar-refractivity contribution in [2.45, 2.75) is 38.0 Å². The molecule has 0 N–H and O–H groups in total. The zero-order chi connectivity index (χ0) is 14.9. The lowest BCUT2D eigenvalue weighted by Crippen LogP contribution is -2.40. The molecule has 1 fully saturated rings. The van der Waals surface area contributed by atoms with Crippen LogP contribution >= 0.6 is 0 Å². The Morgan fingerprint density at radius 3 is 2.38 bits per heavy atom. The fraction of sp³-hybridized carbons (Fsp3) is 0.316. The Labute approximate surface area is 124 Å². The van der Waals surface area contributed by atoms with Crippen molar-refractivity contribution in [1.29, 1.82) is 0 Å². The molecule has 2 aromatic rings. The topological polar surface area (TPSA) is 17.1 Å². The number of aryl methyl sites for hydroxylation is 1. The normalized spacial score (nSPS) is 22.3. The van der Waals surface area contributed by atoms with Gasteiger partial charge in [0.25, 0.3) is 0 Å². The molecule has 21 heavy (non-hydrogen) atoms. The number of halogens is 1. The molecular formula is C19H19FO. The van der Waals surface area contributed by atoms with Crippen molar-refractivity contribution < 1.29 is 9.18 Å². The molecule has 0 heterocycles. The van der Waals surface area contributed by atoms with Crippen LogP contribution in [0.15, 0.2) is 48.5 Å². The summed E-state index contributed by atoms with van der Waals surface area (Å²) in [7, 11) is 0. The minimum Gasteiger partial charge on any atom is -0.298 e. The second kappa shape index (κ2) is 5.44. The highest BCUT2D eigenvalue weighted by atomic mass is 19.1. The molecule has 2 heteroatoms. The van der Waals surface area contributed by atoms with Crippen LogP contribution in [0.1, 0.15) is 42.4 Å². The highest BCUT2D eigenvalue weighted by molar-refractivity contribution is 5.94. The van der Waals surface area contributed by atoms with E-state index >= 15 is 0 Å². The minimum atomic E-state index is -0.808. The molecule has 0 radical (unpaired) electrons. The van der Waals surface area contributed by atoms with E-state index in [9.17, 15) is 9.18 Å².